The Labute approximate surface area is 263 Å². The third-order valence-corrected chi connectivity index (χ3v) is 10.0. The Morgan fingerprint density at radius 2 is 1.80 bits per heavy atom. The van der Waals surface area contributed by atoms with Crippen molar-refractivity contribution in [2.75, 3.05) is 25.6 Å². The summed E-state index contributed by atoms with van der Waals surface area (Å²) < 4.78 is 66.3. The van der Waals surface area contributed by atoms with Crippen molar-refractivity contribution in [2.45, 2.75) is 70.4 Å². The van der Waals surface area contributed by atoms with Crippen molar-refractivity contribution >= 4 is 31.0 Å². The number of carbonyl (C=O) groups excluding carboxylic acids is 1. The molecule has 46 heavy (non-hydrogen) atoms. The average Bonchev–Trinajstić information content (AvgIpc) is 3.29. The van der Waals surface area contributed by atoms with Crippen molar-refractivity contribution in [3.05, 3.63) is 70.0 Å². The van der Waals surface area contributed by atoms with Gasteiger partial charge in [0.05, 0.1) is 36.7 Å². The van der Waals surface area contributed by atoms with Gasteiger partial charge in [0.2, 0.25) is 0 Å². The summed E-state index contributed by atoms with van der Waals surface area (Å²) in [5, 5.41) is 23.2. The number of benzene rings is 1. The van der Waals surface area contributed by atoms with E-state index in [2.05, 4.69) is 20.3 Å². The first-order valence-corrected chi connectivity index (χ1v) is 16.7. The van der Waals surface area contributed by atoms with Gasteiger partial charge in [0.1, 0.15) is 11.4 Å². The molecule has 3 heterocycles. The molecule has 3 aromatic rings. The van der Waals surface area contributed by atoms with E-state index in [1.807, 2.05) is 6.07 Å². The highest BCUT2D eigenvalue weighted by atomic mass is 31.2. The predicted octanol–water partition coefficient (Wildman–Crippen LogP) is 5.88. The number of fused-ring (bicyclic) bond motifs is 1. The molecule has 1 fully saturated rings. The summed E-state index contributed by atoms with van der Waals surface area (Å²) in [6.07, 6.45) is -0.721. The molecule has 2 aromatic heterocycles. The zero-order chi connectivity index (χ0) is 33.2. The molecule has 1 aliphatic heterocycles. The minimum Gasteiger partial charge on any atom is -0.427 e. The number of aliphatic hydroxyl groups excluding tert-OH is 1. The molecule has 0 unspecified atom stereocenters. The lowest BCUT2D eigenvalue weighted by Gasteiger charge is -2.27. The van der Waals surface area contributed by atoms with Crippen LogP contribution in [0, 0.1) is 0 Å². The van der Waals surface area contributed by atoms with Gasteiger partial charge in [-0.1, -0.05) is 12.1 Å². The molecular weight excluding hydrogens is 628 g/mol. The Bertz CT molecular complexity index is 1710. The van der Waals surface area contributed by atoms with Crippen LogP contribution in [0.4, 0.5) is 30.6 Å². The molecule has 0 spiro atoms. The Kier molecular flexibility index (Phi) is 9.87. The number of nitrogens with one attached hydrogen (secondary N) is 1. The van der Waals surface area contributed by atoms with Crippen LogP contribution in [0.3, 0.4) is 0 Å². The number of pyridine rings is 1. The summed E-state index contributed by atoms with van der Waals surface area (Å²) in [5.74, 6) is -1.21. The molecule has 2 aliphatic rings. The fourth-order valence-electron chi connectivity index (χ4n) is 5.86. The second kappa shape index (κ2) is 13.5. The molecule has 0 radical (unpaired) electrons. The van der Waals surface area contributed by atoms with Crippen LogP contribution in [0.2, 0.25) is 0 Å². The van der Waals surface area contributed by atoms with E-state index in [9.17, 15) is 32.8 Å². The van der Waals surface area contributed by atoms with E-state index in [1.54, 1.807) is 27.0 Å². The molecule has 1 amide bonds. The van der Waals surface area contributed by atoms with Gasteiger partial charge in [0, 0.05) is 26.0 Å². The number of nitrogens with zero attached hydrogens (tertiary/aromatic N) is 5. The standard InChI is InChI=1S/C30H36F3N6O6P/c1-4-44-46(43,45-5-2)17-18-6-13-25(39(42)15-18)36-29-34-14-23(30(31,32)33)27(37-29)35-24-12-11-21(19-7-9-20(40)10-8-19)22-16-38(3)28(41)26(22)24/h6,11-15,19-20,40,42H,4-5,7-10,16-17H2,1-3H3,(H,34,35,37)/b36-25+. The smallest absolute Gasteiger partial charge is 0.421 e. The van der Waals surface area contributed by atoms with Crippen molar-refractivity contribution in [1.29, 1.82) is 0 Å². The fraction of sp³-hybridized carbons (Fsp3) is 0.467. The van der Waals surface area contributed by atoms with Gasteiger partial charge in [-0.05, 0) is 74.3 Å². The number of hydrogen-bond acceptors (Lipinski definition) is 10. The number of carbonyl (C=O) groups is 1. The van der Waals surface area contributed by atoms with Crippen LogP contribution in [-0.2, 0) is 32.5 Å². The van der Waals surface area contributed by atoms with Crippen LogP contribution >= 0.6 is 7.60 Å². The largest absolute Gasteiger partial charge is 0.427 e. The van der Waals surface area contributed by atoms with E-state index in [0.717, 1.165) is 24.0 Å². The molecule has 5 rings (SSSR count). The van der Waals surface area contributed by atoms with Gasteiger partial charge >= 0.3 is 13.8 Å². The molecule has 12 nitrogen and oxygen atoms in total. The number of aliphatic hydroxyl groups is 1. The number of aromatic nitrogens is 3. The highest BCUT2D eigenvalue weighted by Crippen LogP contribution is 2.51. The molecule has 3 N–H and O–H groups in total. The van der Waals surface area contributed by atoms with Crippen molar-refractivity contribution in [1.82, 2.24) is 19.6 Å². The highest BCUT2D eigenvalue weighted by Gasteiger charge is 2.37. The SMILES string of the molecule is CCOP(=O)(Cc1cc/c(=N\c2ncc(C(F)(F)F)c(Nc3ccc(C4CCC(O)CC4)c4c3C(=O)N(C)C4)n2)n(O)c1)OCC. The Hall–Kier alpha value is -3.78. The van der Waals surface area contributed by atoms with Crippen LogP contribution in [0.1, 0.15) is 78.1 Å². The zero-order valence-electron chi connectivity index (χ0n) is 25.6. The van der Waals surface area contributed by atoms with Gasteiger partial charge in [-0.3, -0.25) is 9.36 Å². The van der Waals surface area contributed by atoms with Crippen LogP contribution in [0.15, 0.2) is 41.7 Å². The third-order valence-electron chi connectivity index (χ3n) is 7.99. The first-order valence-electron chi connectivity index (χ1n) is 15.0. The van der Waals surface area contributed by atoms with Gasteiger partial charge in [-0.2, -0.15) is 27.9 Å². The number of alkyl halides is 3. The summed E-state index contributed by atoms with van der Waals surface area (Å²) in [5.41, 5.74) is 1.25. The van der Waals surface area contributed by atoms with Crippen molar-refractivity contribution in [3.8, 4) is 0 Å². The van der Waals surface area contributed by atoms with E-state index >= 15 is 0 Å². The second-order valence-electron chi connectivity index (χ2n) is 11.2. The summed E-state index contributed by atoms with van der Waals surface area (Å²) in [6.45, 7) is 3.99. The monoisotopic (exact) mass is 664 g/mol. The van der Waals surface area contributed by atoms with Crippen LogP contribution in [-0.4, -0.2) is 62.2 Å². The summed E-state index contributed by atoms with van der Waals surface area (Å²) in [6, 6.07) is 6.27. The molecule has 16 heteroatoms. The van der Waals surface area contributed by atoms with E-state index in [4.69, 9.17) is 9.05 Å². The minimum atomic E-state index is -4.83. The van der Waals surface area contributed by atoms with Crippen LogP contribution in [0.5, 0.6) is 0 Å². The van der Waals surface area contributed by atoms with Gasteiger partial charge in [0.25, 0.3) is 11.9 Å². The maximum absolute atomic E-state index is 14.1. The van der Waals surface area contributed by atoms with Gasteiger partial charge < -0.3 is 29.6 Å². The number of anilines is 2. The van der Waals surface area contributed by atoms with Crippen molar-refractivity contribution in [3.63, 3.8) is 0 Å². The molecule has 248 valence electrons. The summed E-state index contributed by atoms with van der Waals surface area (Å²) in [7, 11) is -1.83. The predicted molar refractivity (Wildman–Crippen MR) is 161 cm³/mol. The van der Waals surface area contributed by atoms with Gasteiger partial charge in [-0.15, -0.1) is 0 Å². The molecule has 0 bridgehead atoms. The lowest BCUT2D eigenvalue weighted by atomic mass is 9.80. The average molecular weight is 665 g/mol. The van der Waals surface area contributed by atoms with Crippen molar-refractivity contribution in [2.24, 2.45) is 4.99 Å². The summed E-state index contributed by atoms with van der Waals surface area (Å²) in [4.78, 5) is 26.6. The third kappa shape index (κ3) is 7.27. The van der Waals surface area contributed by atoms with E-state index < -0.39 is 31.1 Å². The fourth-order valence-corrected chi connectivity index (χ4v) is 7.54. The molecule has 1 saturated carbocycles. The van der Waals surface area contributed by atoms with E-state index in [1.165, 1.54) is 23.2 Å². The topological polar surface area (TPSA) is 151 Å². The van der Waals surface area contributed by atoms with Gasteiger partial charge in [-0.25, -0.2) is 4.98 Å². The van der Waals surface area contributed by atoms with Crippen LogP contribution < -0.4 is 10.8 Å². The lowest BCUT2D eigenvalue weighted by Crippen LogP contribution is -2.19. The maximum atomic E-state index is 14.1. The molecule has 0 atom stereocenters. The maximum Gasteiger partial charge on any atom is 0.421 e. The first kappa shape index (κ1) is 33.6. The molecule has 1 aromatic carbocycles. The zero-order valence-corrected chi connectivity index (χ0v) is 26.5. The summed E-state index contributed by atoms with van der Waals surface area (Å²) >= 11 is 0. The Balaban J connectivity index is 1.50. The molecule has 1 aliphatic carbocycles. The molecule has 0 saturated heterocycles. The minimum absolute atomic E-state index is 0.114. The lowest BCUT2D eigenvalue weighted by molar-refractivity contribution is -0.137. The quantitative estimate of drug-likeness (QED) is 0.178. The number of hydrogen-bond donors (Lipinski definition) is 3. The van der Waals surface area contributed by atoms with Crippen LogP contribution in [0.25, 0.3) is 0 Å². The number of amides is 1. The van der Waals surface area contributed by atoms with E-state index in [0.29, 0.717) is 35.9 Å². The Morgan fingerprint density at radius 3 is 2.43 bits per heavy atom. The van der Waals surface area contributed by atoms with Crippen molar-refractivity contribution < 1.29 is 41.9 Å². The number of halogens is 3. The first-order chi connectivity index (χ1) is 21.8. The Morgan fingerprint density at radius 1 is 1.11 bits per heavy atom. The second-order valence-corrected chi connectivity index (χ2v) is 13.3. The highest BCUT2D eigenvalue weighted by molar-refractivity contribution is 7.53. The molecular formula is C30H36F3N6O6P. The normalized spacial score (nSPS) is 19.1. The van der Waals surface area contributed by atoms with E-state index in [-0.39, 0.29) is 54.0 Å². The van der Waals surface area contributed by atoms with Gasteiger partial charge in [0.15, 0.2) is 5.49 Å². The number of rotatable bonds is 10.